The molecule has 0 radical (unpaired) electrons. The molecule has 3 rings (SSSR count). The molecule has 1 heterocycles. The number of aliphatic hydroxyl groups is 1. The van der Waals surface area contributed by atoms with Crippen LogP contribution in [0.4, 0.5) is 4.79 Å². The van der Waals surface area contributed by atoms with Crippen molar-refractivity contribution in [2.24, 2.45) is 0 Å². The average molecular weight is 346 g/mol. The molecule has 1 atom stereocenters. The van der Waals surface area contributed by atoms with E-state index in [0.29, 0.717) is 26.2 Å². The third kappa shape index (κ3) is 4.53. The van der Waals surface area contributed by atoms with Crippen LogP contribution in [0.5, 0.6) is 0 Å². The third-order valence-electron chi connectivity index (χ3n) is 5.65. The Kier molecular flexibility index (Phi) is 6.32. The molecule has 1 aromatic rings. The number of morpholine rings is 1. The van der Waals surface area contributed by atoms with Crippen LogP contribution in [0, 0.1) is 0 Å². The molecule has 0 bridgehead atoms. The highest BCUT2D eigenvalue weighted by atomic mass is 16.5. The summed E-state index contributed by atoms with van der Waals surface area (Å²) in [4.78, 5) is 14.4. The van der Waals surface area contributed by atoms with Crippen molar-refractivity contribution in [2.75, 3.05) is 32.8 Å². The van der Waals surface area contributed by atoms with Crippen LogP contribution in [0.15, 0.2) is 30.3 Å². The number of benzene rings is 1. The van der Waals surface area contributed by atoms with Gasteiger partial charge in [0.25, 0.3) is 0 Å². The van der Waals surface area contributed by atoms with Gasteiger partial charge >= 0.3 is 6.03 Å². The van der Waals surface area contributed by atoms with Crippen LogP contribution in [-0.4, -0.2) is 55.0 Å². The smallest absolute Gasteiger partial charge is 0.317 e. The zero-order valence-electron chi connectivity index (χ0n) is 15.0. The van der Waals surface area contributed by atoms with Crippen molar-refractivity contribution in [3.8, 4) is 0 Å². The molecule has 2 amide bonds. The minimum atomic E-state index is -0.263. The van der Waals surface area contributed by atoms with Gasteiger partial charge in [-0.25, -0.2) is 4.79 Å². The van der Waals surface area contributed by atoms with Gasteiger partial charge in [-0.15, -0.1) is 0 Å². The van der Waals surface area contributed by atoms with Gasteiger partial charge in [0.2, 0.25) is 0 Å². The number of hydrogen-bond donors (Lipinski definition) is 2. The van der Waals surface area contributed by atoms with Gasteiger partial charge in [-0.1, -0.05) is 56.0 Å². The van der Waals surface area contributed by atoms with Crippen LogP contribution in [0.1, 0.15) is 44.1 Å². The van der Waals surface area contributed by atoms with Crippen molar-refractivity contribution in [2.45, 2.75) is 50.0 Å². The fraction of sp³-hybridized carbons (Fsp3) is 0.650. The summed E-state index contributed by atoms with van der Waals surface area (Å²) in [6.07, 6.45) is 6.98. The molecule has 0 aromatic heterocycles. The summed E-state index contributed by atoms with van der Waals surface area (Å²) < 4.78 is 5.44. The summed E-state index contributed by atoms with van der Waals surface area (Å²) in [5.41, 5.74) is 1.38. The molecule has 1 aliphatic heterocycles. The second-order valence-electron chi connectivity index (χ2n) is 7.34. The summed E-state index contributed by atoms with van der Waals surface area (Å²) in [7, 11) is 0. The summed E-state index contributed by atoms with van der Waals surface area (Å²) in [5.74, 6) is 0. The van der Waals surface area contributed by atoms with Crippen molar-refractivity contribution in [3.63, 3.8) is 0 Å². The van der Waals surface area contributed by atoms with E-state index in [0.717, 1.165) is 12.8 Å². The van der Waals surface area contributed by atoms with Crippen molar-refractivity contribution in [3.05, 3.63) is 35.9 Å². The van der Waals surface area contributed by atoms with E-state index in [2.05, 4.69) is 35.6 Å². The number of nitrogens with zero attached hydrogens (tertiary/aromatic N) is 1. The van der Waals surface area contributed by atoms with E-state index in [1.807, 2.05) is 0 Å². The predicted molar refractivity (Wildman–Crippen MR) is 97.6 cm³/mol. The van der Waals surface area contributed by atoms with E-state index in [4.69, 9.17) is 4.74 Å². The predicted octanol–water partition coefficient (Wildman–Crippen LogP) is 2.68. The highest BCUT2D eigenvalue weighted by Gasteiger charge is 2.34. The number of rotatable bonds is 4. The van der Waals surface area contributed by atoms with Gasteiger partial charge in [-0.3, -0.25) is 0 Å². The van der Waals surface area contributed by atoms with Gasteiger partial charge in [0.1, 0.15) is 0 Å². The second-order valence-corrected chi connectivity index (χ2v) is 7.34. The molecule has 1 aliphatic carbocycles. The SMILES string of the molecule is O=C(NCC1(c2ccccc2)CCCCCC1)N1CCOC(CO)C1. The van der Waals surface area contributed by atoms with Crippen LogP contribution in [0.2, 0.25) is 0 Å². The number of aliphatic hydroxyl groups excluding tert-OH is 1. The average Bonchev–Trinajstić information content (AvgIpc) is 2.93. The van der Waals surface area contributed by atoms with E-state index in [1.54, 1.807) is 4.90 Å². The van der Waals surface area contributed by atoms with Crippen molar-refractivity contribution in [1.82, 2.24) is 10.2 Å². The first-order valence-electron chi connectivity index (χ1n) is 9.54. The maximum atomic E-state index is 12.6. The van der Waals surface area contributed by atoms with Crippen molar-refractivity contribution >= 4 is 6.03 Å². The van der Waals surface area contributed by atoms with Crippen LogP contribution < -0.4 is 5.32 Å². The monoisotopic (exact) mass is 346 g/mol. The standard InChI is InChI=1S/C20H30N2O3/c23-15-18-14-22(12-13-25-18)19(24)21-16-20(10-6-1-2-7-11-20)17-8-4-3-5-9-17/h3-5,8-9,18,23H,1-2,6-7,10-16H2,(H,21,24). The number of nitrogens with one attached hydrogen (secondary N) is 1. The molecule has 2 N–H and O–H groups in total. The Labute approximate surface area is 150 Å². The normalized spacial score (nSPS) is 23.7. The number of hydrogen-bond acceptors (Lipinski definition) is 3. The number of amides is 2. The molecular formula is C20H30N2O3. The van der Waals surface area contributed by atoms with Gasteiger partial charge in [0, 0.05) is 18.5 Å². The fourth-order valence-corrected chi connectivity index (χ4v) is 4.14. The minimum Gasteiger partial charge on any atom is -0.394 e. The van der Waals surface area contributed by atoms with Gasteiger partial charge in [-0.2, -0.15) is 0 Å². The van der Waals surface area contributed by atoms with Gasteiger partial charge in [0.05, 0.1) is 25.9 Å². The lowest BCUT2D eigenvalue weighted by molar-refractivity contribution is -0.0403. The number of ether oxygens (including phenoxy) is 1. The Balaban J connectivity index is 1.67. The number of carbonyl (C=O) groups excluding carboxylic acids is 1. The minimum absolute atomic E-state index is 0.0378. The van der Waals surface area contributed by atoms with Crippen LogP contribution >= 0.6 is 0 Å². The molecule has 1 aromatic carbocycles. The molecule has 5 nitrogen and oxygen atoms in total. The largest absolute Gasteiger partial charge is 0.394 e. The lowest BCUT2D eigenvalue weighted by Gasteiger charge is -2.36. The van der Waals surface area contributed by atoms with Gasteiger partial charge in [0.15, 0.2) is 0 Å². The highest BCUT2D eigenvalue weighted by molar-refractivity contribution is 5.74. The molecule has 2 aliphatic rings. The zero-order valence-corrected chi connectivity index (χ0v) is 15.0. The third-order valence-corrected chi connectivity index (χ3v) is 5.65. The first kappa shape index (κ1) is 18.2. The second kappa shape index (κ2) is 8.68. The first-order valence-corrected chi connectivity index (χ1v) is 9.54. The van der Waals surface area contributed by atoms with E-state index < -0.39 is 0 Å². The van der Waals surface area contributed by atoms with Gasteiger partial charge in [-0.05, 0) is 18.4 Å². The Morgan fingerprint density at radius 2 is 1.92 bits per heavy atom. The fourth-order valence-electron chi connectivity index (χ4n) is 4.14. The summed E-state index contributed by atoms with van der Waals surface area (Å²) in [6.45, 7) is 2.17. The molecule has 5 heteroatoms. The number of urea groups is 1. The molecule has 0 spiro atoms. The van der Waals surface area contributed by atoms with Crippen LogP contribution in [0.3, 0.4) is 0 Å². The van der Waals surface area contributed by atoms with E-state index in [1.165, 1.54) is 31.2 Å². The molecule has 1 saturated carbocycles. The topological polar surface area (TPSA) is 61.8 Å². The number of carbonyl (C=O) groups is 1. The Bertz CT molecular complexity index is 541. The van der Waals surface area contributed by atoms with Crippen molar-refractivity contribution in [1.29, 1.82) is 0 Å². The molecular weight excluding hydrogens is 316 g/mol. The van der Waals surface area contributed by atoms with Crippen molar-refractivity contribution < 1.29 is 14.6 Å². The first-order chi connectivity index (χ1) is 12.2. The molecule has 1 unspecified atom stereocenters. The maximum Gasteiger partial charge on any atom is 0.317 e. The highest BCUT2D eigenvalue weighted by Crippen LogP contribution is 2.37. The molecule has 1 saturated heterocycles. The quantitative estimate of drug-likeness (QED) is 0.824. The molecule has 2 fully saturated rings. The zero-order chi connectivity index (χ0) is 17.5. The summed E-state index contributed by atoms with van der Waals surface area (Å²) >= 11 is 0. The van der Waals surface area contributed by atoms with Gasteiger partial charge < -0.3 is 20.1 Å². The van der Waals surface area contributed by atoms with Crippen LogP contribution in [-0.2, 0) is 10.2 Å². The lowest BCUT2D eigenvalue weighted by Crippen LogP contribution is -2.52. The Hall–Kier alpha value is -1.59. The molecule has 25 heavy (non-hydrogen) atoms. The van der Waals surface area contributed by atoms with E-state index in [9.17, 15) is 9.90 Å². The maximum absolute atomic E-state index is 12.6. The molecule has 138 valence electrons. The van der Waals surface area contributed by atoms with Crippen LogP contribution in [0.25, 0.3) is 0 Å². The van der Waals surface area contributed by atoms with E-state index in [-0.39, 0.29) is 24.2 Å². The van der Waals surface area contributed by atoms with E-state index >= 15 is 0 Å². The Morgan fingerprint density at radius 3 is 2.60 bits per heavy atom. The summed E-state index contributed by atoms with van der Waals surface area (Å²) in [5, 5.41) is 12.4. The lowest BCUT2D eigenvalue weighted by atomic mass is 9.74. The summed E-state index contributed by atoms with van der Waals surface area (Å²) in [6, 6.07) is 10.6. The Morgan fingerprint density at radius 1 is 1.20 bits per heavy atom.